The van der Waals surface area contributed by atoms with E-state index in [4.69, 9.17) is 14.5 Å². The molecular formula is C26H28IN3O2. The van der Waals surface area contributed by atoms with Crippen LogP contribution in [0.2, 0.25) is 0 Å². The Morgan fingerprint density at radius 1 is 1.09 bits per heavy atom. The third-order valence-corrected chi connectivity index (χ3v) is 6.89. The molecule has 166 valence electrons. The molecule has 0 atom stereocenters. The van der Waals surface area contributed by atoms with Crippen molar-refractivity contribution < 1.29 is 9.47 Å². The summed E-state index contributed by atoms with van der Waals surface area (Å²) in [4.78, 5) is 9.38. The van der Waals surface area contributed by atoms with Crippen LogP contribution < -0.4 is 4.74 Å². The van der Waals surface area contributed by atoms with Gasteiger partial charge in [0, 0.05) is 41.6 Å². The van der Waals surface area contributed by atoms with Crippen molar-refractivity contribution in [3.8, 4) is 17.1 Å². The molecule has 0 aliphatic carbocycles. The average Bonchev–Trinajstić information content (AvgIpc) is 3.20. The molecule has 0 N–H and O–H groups in total. The lowest BCUT2D eigenvalue weighted by atomic mass is 10.0. The minimum Gasteiger partial charge on any atom is -0.494 e. The van der Waals surface area contributed by atoms with E-state index in [1.165, 1.54) is 11.1 Å². The lowest BCUT2D eigenvalue weighted by Crippen LogP contribution is -2.07. The van der Waals surface area contributed by atoms with Crippen molar-refractivity contribution in [3.63, 3.8) is 0 Å². The minimum absolute atomic E-state index is 0.493. The second-order valence-corrected chi connectivity index (χ2v) is 9.22. The van der Waals surface area contributed by atoms with Crippen molar-refractivity contribution in [3.05, 3.63) is 75.1 Å². The molecule has 0 unspecified atom stereocenters. The average molecular weight is 541 g/mol. The van der Waals surface area contributed by atoms with Gasteiger partial charge in [-0.1, -0.05) is 44.2 Å². The first-order valence-corrected chi connectivity index (χ1v) is 11.8. The summed E-state index contributed by atoms with van der Waals surface area (Å²) in [7, 11) is 3.45. The topological polar surface area (TPSA) is 49.2 Å². The van der Waals surface area contributed by atoms with Gasteiger partial charge in [0.25, 0.3) is 0 Å². The zero-order valence-corrected chi connectivity index (χ0v) is 21.1. The van der Waals surface area contributed by atoms with E-state index in [2.05, 4.69) is 82.4 Å². The first kappa shape index (κ1) is 22.7. The lowest BCUT2D eigenvalue weighted by molar-refractivity contribution is 0.188. The molecule has 5 nitrogen and oxygen atoms in total. The van der Waals surface area contributed by atoms with E-state index in [-0.39, 0.29) is 0 Å². The van der Waals surface area contributed by atoms with Crippen LogP contribution in [0.4, 0.5) is 0 Å². The van der Waals surface area contributed by atoms with Crippen molar-refractivity contribution in [1.29, 1.82) is 0 Å². The zero-order valence-electron chi connectivity index (χ0n) is 18.9. The number of hydrogen-bond acceptors (Lipinski definition) is 4. The molecule has 32 heavy (non-hydrogen) atoms. The predicted molar refractivity (Wildman–Crippen MR) is 137 cm³/mol. The Bertz CT molecular complexity index is 1200. The highest BCUT2D eigenvalue weighted by atomic mass is 127. The van der Waals surface area contributed by atoms with Gasteiger partial charge >= 0.3 is 0 Å². The molecule has 0 spiro atoms. The zero-order chi connectivity index (χ0) is 22.7. The molecule has 0 amide bonds. The van der Waals surface area contributed by atoms with Crippen molar-refractivity contribution in [1.82, 2.24) is 14.5 Å². The predicted octanol–water partition coefficient (Wildman–Crippen LogP) is 6.07. The summed E-state index contributed by atoms with van der Waals surface area (Å²) >= 11 is 2.42. The Kier molecular flexibility index (Phi) is 7.10. The van der Waals surface area contributed by atoms with Crippen LogP contribution in [-0.4, -0.2) is 35.4 Å². The fourth-order valence-corrected chi connectivity index (χ4v) is 4.66. The van der Waals surface area contributed by atoms with Gasteiger partial charge in [0.15, 0.2) is 0 Å². The van der Waals surface area contributed by atoms with Crippen LogP contribution in [0.3, 0.4) is 0 Å². The summed E-state index contributed by atoms with van der Waals surface area (Å²) in [5.74, 6) is 2.25. The number of ether oxygens (including phenoxy) is 2. The van der Waals surface area contributed by atoms with Crippen LogP contribution in [0.1, 0.15) is 36.5 Å². The second kappa shape index (κ2) is 10.0. The summed E-state index contributed by atoms with van der Waals surface area (Å²) in [6.07, 6.45) is 4.49. The van der Waals surface area contributed by atoms with Gasteiger partial charge in [-0.3, -0.25) is 4.98 Å². The van der Waals surface area contributed by atoms with Gasteiger partial charge in [-0.25, -0.2) is 4.98 Å². The molecule has 2 aromatic carbocycles. The van der Waals surface area contributed by atoms with E-state index in [1.54, 1.807) is 20.4 Å². The number of methoxy groups -OCH3 is 2. The molecule has 0 aliphatic rings. The van der Waals surface area contributed by atoms with E-state index < -0.39 is 0 Å². The smallest absolute Gasteiger partial charge is 0.145 e. The van der Waals surface area contributed by atoms with E-state index in [0.717, 1.165) is 43.7 Å². The van der Waals surface area contributed by atoms with E-state index >= 15 is 0 Å². The van der Waals surface area contributed by atoms with Gasteiger partial charge in [0.05, 0.1) is 13.7 Å². The first-order valence-electron chi connectivity index (χ1n) is 10.8. The maximum atomic E-state index is 5.86. The standard InChI is InChI=1S/C26H28IN3O2/c1-17(2)19-7-9-20(10-8-19)26-29-24-23(27)21(14-18-6-5-11-28-16-18)15-22(32-4)25(24)30(26)12-13-31-3/h5-11,15-17H,12-14H2,1-4H3. The first-order chi connectivity index (χ1) is 15.5. The number of aromatic nitrogens is 3. The highest BCUT2D eigenvalue weighted by molar-refractivity contribution is 14.1. The van der Waals surface area contributed by atoms with Crippen LogP contribution in [-0.2, 0) is 17.7 Å². The van der Waals surface area contributed by atoms with Gasteiger partial charge in [0.2, 0.25) is 0 Å². The highest BCUT2D eigenvalue weighted by Gasteiger charge is 2.21. The summed E-state index contributed by atoms with van der Waals surface area (Å²) in [5, 5.41) is 0. The Morgan fingerprint density at radius 2 is 1.88 bits per heavy atom. The summed E-state index contributed by atoms with van der Waals surface area (Å²) in [6, 6.07) is 14.9. The number of imidazole rings is 1. The molecule has 0 fully saturated rings. The van der Waals surface area contributed by atoms with Crippen LogP contribution in [0.15, 0.2) is 54.9 Å². The van der Waals surface area contributed by atoms with Crippen molar-refractivity contribution in [2.45, 2.75) is 32.7 Å². The Balaban J connectivity index is 1.89. The monoisotopic (exact) mass is 541 g/mol. The van der Waals surface area contributed by atoms with Crippen LogP contribution in [0, 0.1) is 3.57 Å². The van der Waals surface area contributed by atoms with Crippen molar-refractivity contribution in [2.75, 3.05) is 20.8 Å². The normalized spacial score (nSPS) is 11.4. The van der Waals surface area contributed by atoms with E-state index in [1.807, 2.05) is 12.3 Å². The molecule has 6 heteroatoms. The van der Waals surface area contributed by atoms with Gasteiger partial charge in [-0.2, -0.15) is 0 Å². The molecule has 0 radical (unpaired) electrons. The van der Waals surface area contributed by atoms with Crippen molar-refractivity contribution >= 4 is 33.6 Å². The molecule has 0 saturated carbocycles. The number of benzene rings is 2. The fourth-order valence-electron chi connectivity index (χ4n) is 3.94. The van der Waals surface area contributed by atoms with E-state index in [0.29, 0.717) is 19.1 Å². The molecule has 2 aromatic heterocycles. The SMILES string of the molecule is COCCn1c(-c2ccc(C(C)C)cc2)nc2c(I)c(Cc3cccnc3)cc(OC)c21. The highest BCUT2D eigenvalue weighted by Crippen LogP contribution is 2.37. The number of rotatable bonds is 8. The quantitative estimate of drug-likeness (QED) is 0.254. The Labute approximate surface area is 202 Å². The molecule has 0 bridgehead atoms. The van der Waals surface area contributed by atoms with E-state index in [9.17, 15) is 0 Å². The van der Waals surface area contributed by atoms with Gasteiger partial charge in [-0.05, 0) is 57.3 Å². The third-order valence-electron chi connectivity index (χ3n) is 5.69. The van der Waals surface area contributed by atoms with Crippen LogP contribution in [0.5, 0.6) is 5.75 Å². The lowest BCUT2D eigenvalue weighted by Gasteiger charge is -2.13. The number of fused-ring (bicyclic) bond motifs is 1. The number of pyridine rings is 1. The molecular weight excluding hydrogens is 513 g/mol. The summed E-state index contributed by atoms with van der Waals surface area (Å²) in [6.45, 7) is 5.71. The maximum Gasteiger partial charge on any atom is 0.145 e. The second-order valence-electron chi connectivity index (χ2n) is 8.14. The summed E-state index contributed by atoms with van der Waals surface area (Å²) in [5.41, 5.74) is 6.72. The fraction of sp³-hybridized carbons (Fsp3) is 0.308. The Hall–Kier alpha value is -2.45. The van der Waals surface area contributed by atoms with Gasteiger partial charge < -0.3 is 14.0 Å². The van der Waals surface area contributed by atoms with Crippen LogP contribution in [0.25, 0.3) is 22.4 Å². The maximum absolute atomic E-state index is 5.86. The molecule has 4 aromatic rings. The van der Waals surface area contributed by atoms with Crippen molar-refractivity contribution in [2.24, 2.45) is 0 Å². The molecule has 0 saturated heterocycles. The molecule has 4 rings (SSSR count). The number of hydrogen-bond donors (Lipinski definition) is 0. The van der Waals surface area contributed by atoms with Gasteiger partial charge in [-0.15, -0.1) is 0 Å². The Morgan fingerprint density at radius 3 is 2.50 bits per heavy atom. The summed E-state index contributed by atoms with van der Waals surface area (Å²) < 4.78 is 14.6. The number of nitrogens with zero attached hydrogens (tertiary/aromatic N) is 3. The minimum atomic E-state index is 0.493. The van der Waals surface area contributed by atoms with Gasteiger partial charge in [0.1, 0.15) is 22.6 Å². The number of halogens is 1. The molecule has 2 heterocycles. The third kappa shape index (κ3) is 4.52. The molecule has 0 aliphatic heterocycles. The van der Waals surface area contributed by atoms with Crippen LogP contribution >= 0.6 is 22.6 Å². The largest absolute Gasteiger partial charge is 0.494 e.